The second kappa shape index (κ2) is 7.73. The summed E-state index contributed by atoms with van der Waals surface area (Å²) in [6, 6.07) is 8.72. The first-order valence-electron chi connectivity index (χ1n) is 8.01. The maximum Gasteiger partial charge on any atom is 0.261 e. The van der Waals surface area contributed by atoms with Crippen LogP contribution in [-0.4, -0.2) is 34.2 Å². The predicted molar refractivity (Wildman–Crippen MR) is 98.5 cm³/mol. The number of sulfonamides is 2. The van der Waals surface area contributed by atoms with E-state index >= 15 is 0 Å². The molecule has 0 unspecified atom stereocenters. The number of aryl methyl sites for hydroxylation is 1. The van der Waals surface area contributed by atoms with Gasteiger partial charge < -0.3 is 0 Å². The molecule has 0 aromatic heterocycles. The van der Waals surface area contributed by atoms with Gasteiger partial charge in [0.2, 0.25) is 10.0 Å². The molecule has 9 heteroatoms. The van der Waals surface area contributed by atoms with E-state index < -0.39 is 25.9 Å². The molecule has 0 bridgehead atoms. The minimum Gasteiger partial charge on any atom is -0.279 e. The van der Waals surface area contributed by atoms with E-state index in [0.717, 1.165) is 6.07 Å². The predicted octanol–water partition coefficient (Wildman–Crippen LogP) is 2.97. The molecule has 2 aromatic carbocycles. The maximum absolute atomic E-state index is 13.3. The van der Waals surface area contributed by atoms with E-state index in [9.17, 15) is 21.2 Å². The van der Waals surface area contributed by atoms with Crippen molar-refractivity contribution in [2.24, 2.45) is 0 Å². The Hall–Kier alpha value is -1.97. The Bertz CT molecular complexity index is 984. The van der Waals surface area contributed by atoms with Crippen LogP contribution in [0.4, 0.5) is 10.1 Å². The molecule has 0 atom stereocenters. The van der Waals surface area contributed by atoms with Gasteiger partial charge in [0.25, 0.3) is 10.0 Å². The number of hydrogen-bond donors (Lipinski definition) is 1. The van der Waals surface area contributed by atoms with Gasteiger partial charge in [0.05, 0.1) is 15.5 Å². The monoisotopic (exact) mass is 400 g/mol. The third kappa shape index (κ3) is 4.22. The lowest BCUT2D eigenvalue weighted by Gasteiger charge is -2.18. The lowest BCUT2D eigenvalue weighted by atomic mass is 10.2. The largest absolute Gasteiger partial charge is 0.279 e. The molecule has 0 heterocycles. The van der Waals surface area contributed by atoms with Crippen LogP contribution in [-0.2, 0) is 20.0 Å². The molecule has 0 saturated heterocycles. The number of hydrogen-bond acceptors (Lipinski definition) is 4. The molecule has 0 saturated carbocycles. The van der Waals surface area contributed by atoms with Crippen molar-refractivity contribution in [2.45, 2.75) is 30.6 Å². The first-order chi connectivity index (χ1) is 12.1. The first kappa shape index (κ1) is 20.3. The topological polar surface area (TPSA) is 83.6 Å². The van der Waals surface area contributed by atoms with Crippen molar-refractivity contribution in [1.82, 2.24) is 4.31 Å². The van der Waals surface area contributed by atoms with Crippen LogP contribution < -0.4 is 4.72 Å². The van der Waals surface area contributed by atoms with E-state index in [2.05, 4.69) is 4.72 Å². The van der Waals surface area contributed by atoms with Gasteiger partial charge in [0, 0.05) is 13.1 Å². The fourth-order valence-corrected chi connectivity index (χ4v) is 4.99. The first-order valence-corrected chi connectivity index (χ1v) is 10.9. The molecule has 142 valence electrons. The highest BCUT2D eigenvalue weighted by Gasteiger charge is 2.23. The summed E-state index contributed by atoms with van der Waals surface area (Å²) in [7, 11) is -7.64. The second-order valence-electron chi connectivity index (χ2n) is 5.63. The number of anilines is 1. The van der Waals surface area contributed by atoms with Crippen LogP contribution in [0.1, 0.15) is 19.4 Å². The summed E-state index contributed by atoms with van der Waals surface area (Å²) in [5.74, 6) is -0.561. The maximum atomic E-state index is 13.3. The Morgan fingerprint density at radius 2 is 1.46 bits per heavy atom. The summed E-state index contributed by atoms with van der Waals surface area (Å²) < 4.78 is 66.8. The van der Waals surface area contributed by atoms with Gasteiger partial charge in [-0.3, -0.25) is 4.72 Å². The van der Waals surface area contributed by atoms with Gasteiger partial charge in [0.1, 0.15) is 5.82 Å². The Morgan fingerprint density at radius 3 is 2.00 bits per heavy atom. The van der Waals surface area contributed by atoms with Crippen molar-refractivity contribution in [3.05, 3.63) is 53.8 Å². The molecular weight excluding hydrogens is 379 g/mol. The summed E-state index contributed by atoms with van der Waals surface area (Å²) >= 11 is 0. The van der Waals surface area contributed by atoms with E-state index in [-0.39, 0.29) is 15.5 Å². The average molecular weight is 400 g/mol. The summed E-state index contributed by atoms with van der Waals surface area (Å²) in [6.45, 7) is 5.74. The highest BCUT2D eigenvalue weighted by molar-refractivity contribution is 7.92. The highest BCUT2D eigenvalue weighted by atomic mass is 32.2. The molecule has 0 spiro atoms. The SMILES string of the molecule is CCN(CC)S(=O)(=O)c1ccc(S(=O)(=O)Nc2cc(F)ccc2C)cc1. The molecule has 0 aliphatic rings. The molecule has 0 aliphatic heterocycles. The van der Waals surface area contributed by atoms with Crippen LogP contribution in [0.15, 0.2) is 52.3 Å². The molecule has 0 amide bonds. The fraction of sp³-hybridized carbons (Fsp3) is 0.294. The number of nitrogens with zero attached hydrogens (tertiary/aromatic N) is 1. The van der Waals surface area contributed by atoms with Gasteiger partial charge in [-0.2, -0.15) is 4.31 Å². The molecule has 2 rings (SSSR count). The molecular formula is C17H21FN2O4S2. The lowest BCUT2D eigenvalue weighted by Crippen LogP contribution is -2.30. The van der Waals surface area contributed by atoms with Crippen LogP contribution in [0.3, 0.4) is 0 Å². The standard InChI is InChI=1S/C17H21FN2O4S2/c1-4-20(5-2)26(23,24)16-10-8-15(9-11-16)25(21,22)19-17-12-14(18)7-6-13(17)3/h6-12,19H,4-5H2,1-3H3. The van der Waals surface area contributed by atoms with Gasteiger partial charge in [0.15, 0.2) is 0 Å². The van der Waals surface area contributed by atoms with E-state index in [4.69, 9.17) is 0 Å². The molecule has 1 N–H and O–H groups in total. The molecule has 0 fully saturated rings. The van der Waals surface area contributed by atoms with Crippen molar-refractivity contribution in [3.8, 4) is 0 Å². The van der Waals surface area contributed by atoms with Gasteiger partial charge >= 0.3 is 0 Å². The number of rotatable bonds is 7. The Balaban J connectivity index is 2.33. The molecule has 2 aromatic rings. The van der Waals surface area contributed by atoms with E-state index in [0.29, 0.717) is 18.7 Å². The summed E-state index contributed by atoms with van der Waals surface area (Å²) in [5, 5.41) is 0. The Morgan fingerprint density at radius 1 is 0.923 bits per heavy atom. The molecule has 0 radical (unpaired) electrons. The van der Waals surface area contributed by atoms with E-state index in [1.807, 2.05) is 0 Å². The molecule has 6 nitrogen and oxygen atoms in total. The third-order valence-corrected chi connectivity index (χ3v) is 7.37. The van der Waals surface area contributed by atoms with Gasteiger partial charge in [-0.25, -0.2) is 21.2 Å². The van der Waals surface area contributed by atoms with Gasteiger partial charge in [-0.15, -0.1) is 0 Å². The zero-order valence-electron chi connectivity index (χ0n) is 14.7. The average Bonchev–Trinajstić information content (AvgIpc) is 2.59. The number of benzene rings is 2. The van der Waals surface area contributed by atoms with Crippen LogP contribution in [0.5, 0.6) is 0 Å². The van der Waals surface area contributed by atoms with Crippen LogP contribution in [0.2, 0.25) is 0 Å². The van der Waals surface area contributed by atoms with Gasteiger partial charge in [-0.05, 0) is 48.9 Å². The smallest absolute Gasteiger partial charge is 0.261 e. The normalized spacial score (nSPS) is 12.3. The van der Waals surface area contributed by atoms with Crippen molar-refractivity contribution in [2.75, 3.05) is 17.8 Å². The quantitative estimate of drug-likeness (QED) is 0.774. The van der Waals surface area contributed by atoms with Crippen molar-refractivity contribution >= 4 is 25.7 Å². The summed E-state index contributed by atoms with van der Waals surface area (Å²) in [4.78, 5) is -0.0956. The minimum atomic E-state index is -3.97. The third-order valence-electron chi connectivity index (χ3n) is 3.92. The Labute approximate surface area is 153 Å². The Kier molecular flexibility index (Phi) is 6.05. The van der Waals surface area contributed by atoms with Crippen molar-refractivity contribution in [3.63, 3.8) is 0 Å². The number of halogens is 1. The van der Waals surface area contributed by atoms with Crippen LogP contribution in [0.25, 0.3) is 0 Å². The molecule has 0 aliphatic carbocycles. The van der Waals surface area contributed by atoms with Crippen molar-refractivity contribution in [1.29, 1.82) is 0 Å². The lowest BCUT2D eigenvalue weighted by molar-refractivity contribution is 0.445. The highest BCUT2D eigenvalue weighted by Crippen LogP contribution is 2.22. The summed E-state index contributed by atoms with van der Waals surface area (Å²) in [6.07, 6.45) is 0. The van der Waals surface area contributed by atoms with Crippen molar-refractivity contribution < 1.29 is 21.2 Å². The summed E-state index contributed by atoms with van der Waals surface area (Å²) in [5.41, 5.74) is 0.695. The minimum absolute atomic E-state index is 0.0158. The van der Waals surface area contributed by atoms with Gasteiger partial charge in [-0.1, -0.05) is 19.9 Å². The van der Waals surface area contributed by atoms with Crippen LogP contribution in [0, 0.1) is 12.7 Å². The second-order valence-corrected chi connectivity index (χ2v) is 9.25. The fourth-order valence-electron chi connectivity index (χ4n) is 2.41. The molecule has 26 heavy (non-hydrogen) atoms. The zero-order chi connectivity index (χ0) is 19.5. The number of nitrogens with one attached hydrogen (secondary N) is 1. The van der Waals surface area contributed by atoms with E-state index in [1.54, 1.807) is 20.8 Å². The van der Waals surface area contributed by atoms with Crippen LogP contribution >= 0.6 is 0 Å². The van der Waals surface area contributed by atoms with E-state index in [1.165, 1.54) is 40.7 Å². The zero-order valence-corrected chi connectivity index (χ0v) is 16.4.